The summed E-state index contributed by atoms with van der Waals surface area (Å²) in [5, 5.41) is 4.55. The van der Waals surface area contributed by atoms with E-state index in [1.807, 2.05) is 6.92 Å². The van der Waals surface area contributed by atoms with Crippen molar-refractivity contribution in [3.05, 3.63) is 67.6 Å². The number of hydrogen-bond donors (Lipinski definition) is 1. The number of halogens is 4. The van der Waals surface area contributed by atoms with Crippen molar-refractivity contribution in [2.45, 2.75) is 39.3 Å². The van der Waals surface area contributed by atoms with Crippen LogP contribution in [0.5, 0.6) is 0 Å². The van der Waals surface area contributed by atoms with Crippen LogP contribution in [0.15, 0.2) is 36.4 Å². The van der Waals surface area contributed by atoms with Crippen molar-refractivity contribution in [3.8, 4) is 0 Å². The van der Waals surface area contributed by atoms with Gasteiger partial charge in [0.05, 0.1) is 16.5 Å². The molecule has 0 aliphatic heterocycles. The van der Waals surface area contributed by atoms with E-state index in [2.05, 4.69) is 5.32 Å². The fraction of sp³-hybridized carbons (Fsp3) is 0.333. The molecular formula is C21H22Cl4N2O2. The maximum atomic E-state index is 13.1. The first-order chi connectivity index (χ1) is 13.7. The van der Waals surface area contributed by atoms with E-state index in [-0.39, 0.29) is 24.8 Å². The van der Waals surface area contributed by atoms with E-state index in [1.165, 1.54) is 4.90 Å². The summed E-state index contributed by atoms with van der Waals surface area (Å²) < 4.78 is 0. The van der Waals surface area contributed by atoms with E-state index in [0.717, 1.165) is 12.0 Å². The van der Waals surface area contributed by atoms with Crippen LogP contribution in [0.1, 0.15) is 31.4 Å². The Morgan fingerprint density at radius 1 is 1.00 bits per heavy atom. The Bertz CT molecular complexity index is 889. The van der Waals surface area contributed by atoms with Crippen LogP contribution in [0.4, 0.5) is 0 Å². The third kappa shape index (κ3) is 6.78. The molecular weight excluding hydrogens is 454 g/mol. The molecule has 2 aromatic carbocycles. The molecule has 2 rings (SSSR count). The van der Waals surface area contributed by atoms with Gasteiger partial charge in [0.15, 0.2) is 0 Å². The summed E-state index contributed by atoms with van der Waals surface area (Å²) in [6.45, 7) is 4.42. The first-order valence-corrected chi connectivity index (χ1v) is 10.7. The maximum Gasteiger partial charge on any atom is 0.242 e. The third-order valence-corrected chi connectivity index (χ3v) is 5.74. The fourth-order valence-corrected chi connectivity index (χ4v) is 3.54. The monoisotopic (exact) mass is 474 g/mol. The molecule has 2 amide bonds. The van der Waals surface area contributed by atoms with Crippen LogP contribution in [0, 0.1) is 0 Å². The third-order valence-electron chi connectivity index (χ3n) is 4.41. The number of amides is 2. The normalized spacial score (nSPS) is 11.8. The minimum absolute atomic E-state index is 0.0444. The molecule has 29 heavy (non-hydrogen) atoms. The second-order valence-electron chi connectivity index (χ2n) is 6.65. The molecule has 4 nitrogen and oxygen atoms in total. The summed E-state index contributed by atoms with van der Waals surface area (Å²) in [6.07, 6.45) is 0.850. The molecule has 2 aromatic rings. The van der Waals surface area contributed by atoms with E-state index >= 15 is 0 Å². The minimum atomic E-state index is -0.672. The van der Waals surface area contributed by atoms with Crippen LogP contribution < -0.4 is 5.32 Å². The van der Waals surface area contributed by atoms with E-state index in [4.69, 9.17) is 46.4 Å². The van der Waals surface area contributed by atoms with Gasteiger partial charge in [0.2, 0.25) is 11.8 Å². The van der Waals surface area contributed by atoms with Crippen molar-refractivity contribution >= 4 is 58.2 Å². The second kappa shape index (κ2) is 11.1. The van der Waals surface area contributed by atoms with Crippen LogP contribution in [0.25, 0.3) is 0 Å². The molecule has 0 spiro atoms. The second-order valence-corrected chi connectivity index (χ2v) is 8.31. The molecule has 8 heteroatoms. The highest BCUT2D eigenvalue weighted by Crippen LogP contribution is 2.25. The zero-order valence-electron chi connectivity index (χ0n) is 16.1. The highest BCUT2D eigenvalue weighted by atomic mass is 35.5. The average molecular weight is 476 g/mol. The van der Waals surface area contributed by atoms with Crippen molar-refractivity contribution in [3.63, 3.8) is 0 Å². The number of nitrogens with zero attached hydrogens (tertiary/aromatic N) is 1. The van der Waals surface area contributed by atoms with E-state index < -0.39 is 6.04 Å². The standard InChI is InChI=1S/C21H22Cl4N2O2/c1-3-8-26-21(29)13(2)27(12-14-4-7-17(23)19(25)9-14)20(28)10-15-5-6-16(22)11-18(15)24/h4-7,9,11,13H,3,8,10,12H2,1-2H3,(H,26,29)/t13-/m1/s1. The van der Waals surface area contributed by atoms with Gasteiger partial charge in [0.25, 0.3) is 0 Å². The summed E-state index contributed by atoms with van der Waals surface area (Å²) in [7, 11) is 0. The molecule has 1 N–H and O–H groups in total. The quantitative estimate of drug-likeness (QED) is 0.525. The summed E-state index contributed by atoms with van der Waals surface area (Å²) >= 11 is 24.2. The zero-order chi connectivity index (χ0) is 21.6. The molecule has 0 fully saturated rings. The molecule has 0 saturated heterocycles. The molecule has 156 valence electrons. The van der Waals surface area contributed by atoms with E-state index in [0.29, 0.717) is 32.2 Å². The van der Waals surface area contributed by atoms with Gasteiger partial charge in [-0.2, -0.15) is 0 Å². The maximum absolute atomic E-state index is 13.1. The molecule has 0 radical (unpaired) electrons. The average Bonchev–Trinajstić information content (AvgIpc) is 2.68. The fourth-order valence-electron chi connectivity index (χ4n) is 2.74. The van der Waals surface area contributed by atoms with Crippen molar-refractivity contribution in [1.29, 1.82) is 0 Å². The predicted octanol–water partition coefficient (Wildman–Crippen LogP) is 5.79. The molecule has 1 atom stereocenters. The van der Waals surface area contributed by atoms with Gasteiger partial charge in [-0.1, -0.05) is 65.5 Å². The smallest absolute Gasteiger partial charge is 0.242 e. The first-order valence-electron chi connectivity index (χ1n) is 9.18. The molecule has 0 unspecified atom stereocenters. The Morgan fingerprint density at radius 3 is 2.34 bits per heavy atom. The molecule has 0 aromatic heterocycles. The molecule has 0 heterocycles. The predicted molar refractivity (Wildman–Crippen MR) is 120 cm³/mol. The lowest BCUT2D eigenvalue weighted by molar-refractivity contribution is -0.140. The topological polar surface area (TPSA) is 49.4 Å². The Labute approximate surface area is 191 Å². The van der Waals surface area contributed by atoms with E-state index in [1.54, 1.807) is 43.3 Å². The summed E-state index contributed by atoms with van der Waals surface area (Å²) in [5.74, 6) is -0.457. The highest BCUT2D eigenvalue weighted by Gasteiger charge is 2.26. The van der Waals surface area contributed by atoms with E-state index in [9.17, 15) is 9.59 Å². The van der Waals surface area contributed by atoms with Gasteiger partial charge in [-0.15, -0.1) is 0 Å². The van der Waals surface area contributed by atoms with Gasteiger partial charge in [-0.25, -0.2) is 0 Å². The number of carbonyl (C=O) groups excluding carboxylic acids is 2. The summed E-state index contributed by atoms with van der Waals surface area (Å²) in [4.78, 5) is 27.2. The summed E-state index contributed by atoms with van der Waals surface area (Å²) in [6, 6.07) is 9.44. The van der Waals surface area contributed by atoms with Crippen LogP contribution >= 0.6 is 46.4 Å². The van der Waals surface area contributed by atoms with Crippen LogP contribution in [0.3, 0.4) is 0 Å². The van der Waals surface area contributed by atoms with Gasteiger partial charge >= 0.3 is 0 Å². The zero-order valence-corrected chi connectivity index (χ0v) is 19.2. The Hall–Kier alpha value is -1.46. The van der Waals surface area contributed by atoms with Crippen LogP contribution in [-0.2, 0) is 22.6 Å². The molecule has 0 aliphatic carbocycles. The van der Waals surface area contributed by atoms with Gasteiger partial charge in [0, 0.05) is 23.1 Å². The highest BCUT2D eigenvalue weighted by molar-refractivity contribution is 6.42. The number of hydrogen-bond acceptors (Lipinski definition) is 2. The van der Waals surface area contributed by atoms with Crippen LogP contribution in [-0.4, -0.2) is 29.3 Å². The SMILES string of the molecule is CCCNC(=O)[C@@H](C)N(Cc1ccc(Cl)c(Cl)c1)C(=O)Cc1ccc(Cl)cc1Cl. The Morgan fingerprint density at radius 2 is 1.72 bits per heavy atom. The molecule has 0 bridgehead atoms. The van der Waals surface area contributed by atoms with Crippen LogP contribution in [0.2, 0.25) is 20.1 Å². The molecule has 0 aliphatic rings. The number of carbonyl (C=O) groups is 2. The Balaban J connectivity index is 2.27. The van der Waals surface area contributed by atoms with Gasteiger partial charge < -0.3 is 10.2 Å². The first kappa shape index (κ1) is 23.8. The largest absolute Gasteiger partial charge is 0.354 e. The van der Waals surface area contributed by atoms with Gasteiger partial charge in [-0.05, 0) is 48.7 Å². The van der Waals surface area contributed by atoms with Crippen molar-refractivity contribution in [2.75, 3.05) is 6.54 Å². The van der Waals surface area contributed by atoms with Crippen molar-refractivity contribution in [1.82, 2.24) is 10.2 Å². The number of nitrogens with one attached hydrogen (secondary N) is 1. The van der Waals surface area contributed by atoms with Gasteiger partial charge in [-0.3, -0.25) is 9.59 Å². The lowest BCUT2D eigenvalue weighted by atomic mass is 10.1. The summed E-state index contributed by atoms with van der Waals surface area (Å²) in [5.41, 5.74) is 1.41. The lowest BCUT2D eigenvalue weighted by Crippen LogP contribution is -2.48. The number of rotatable bonds is 8. The van der Waals surface area contributed by atoms with Crippen molar-refractivity contribution in [2.24, 2.45) is 0 Å². The Kier molecular flexibility index (Phi) is 9.09. The number of benzene rings is 2. The minimum Gasteiger partial charge on any atom is -0.354 e. The van der Waals surface area contributed by atoms with Gasteiger partial charge in [0.1, 0.15) is 6.04 Å². The van der Waals surface area contributed by atoms with Crippen molar-refractivity contribution < 1.29 is 9.59 Å². The lowest BCUT2D eigenvalue weighted by Gasteiger charge is -2.29. The molecule has 0 saturated carbocycles.